The van der Waals surface area contributed by atoms with Crippen LogP contribution in [0.4, 0.5) is 5.69 Å². The van der Waals surface area contributed by atoms with Gasteiger partial charge in [0.15, 0.2) is 6.61 Å². The van der Waals surface area contributed by atoms with Gasteiger partial charge >= 0.3 is 5.97 Å². The van der Waals surface area contributed by atoms with Crippen LogP contribution in [0.5, 0.6) is 0 Å². The molecule has 1 aromatic rings. The number of hydrogen-bond donors (Lipinski definition) is 2. The van der Waals surface area contributed by atoms with Crippen molar-refractivity contribution in [1.82, 2.24) is 10.2 Å². The highest BCUT2D eigenvalue weighted by molar-refractivity contribution is 5.96. The van der Waals surface area contributed by atoms with Gasteiger partial charge in [-0.3, -0.25) is 19.2 Å². The number of likely N-dealkylation sites (tertiary alicyclic amines) is 1. The smallest absolute Gasteiger partial charge is 0.311 e. The molecule has 1 aliphatic carbocycles. The number of hydrogen-bond acceptors (Lipinski definition) is 5. The Balaban J connectivity index is 1.47. The topological polar surface area (TPSA) is 105 Å². The van der Waals surface area contributed by atoms with E-state index in [1.807, 2.05) is 4.90 Å². The number of benzene rings is 1. The number of amides is 3. The number of nitrogens with zero attached hydrogens (tertiary/aromatic N) is 1. The number of carbonyl (C=O) groups is 4. The molecule has 0 radical (unpaired) electrons. The van der Waals surface area contributed by atoms with Gasteiger partial charge in [-0.2, -0.15) is 0 Å². The standard InChI is InChI=1S/C23H31N3O5/c1-14-5-4-6-19(15(14)2)26-12-17(11-21(26)28)23(30)31-13-20(27)25-18-9-7-16(8-10-18)22(29)24-3/h7-10,14-15,17,19H,4-6,11-13H2,1-3H3,(H,24,29)(H,25,27)/t14-,15+,17+,19-/m0/s1. The summed E-state index contributed by atoms with van der Waals surface area (Å²) in [6, 6.07) is 6.56. The summed E-state index contributed by atoms with van der Waals surface area (Å²) in [5.41, 5.74) is 0.973. The van der Waals surface area contributed by atoms with E-state index in [1.54, 1.807) is 31.3 Å². The number of nitrogens with one attached hydrogen (secondary N) is 2. The predicted octanol–water partition coefficient (Wildman–Crippen LogP) is 2.20. The molecular formula is C23H31N3O5. The lowest BCUT2D eigenvalue weighted by molar-refractivity contribution is -0.151. The van der Waals surface area contributed by atoms with E-state index in [1.165, 1.54) is 6.42 Å². The summed E-state index contributed by atoms with van der Waals surface area (Å²) in [5, 5.41) is 5.15. The maximum Gasteiger partial charge on any atom is 0.311 e. The highest BCUT2D eigenvalue weighted by atomic mass is 16.5. The van der Waals surface area contributed by atoms with E-state index in [-0.39, 0.29) is 24.3 Å². The minimum Gasteiger partial charge on any atom is -0.455 e. The van der Waals surface area contributed by atoms with Crippen molar-refractivity contribution in [2.45, 2.75) is 45.6 Å². The van der Waals surface area contributed by atoms with Gasteiger partial charge < -0.3 is 20.3 Å². The van der Waals surface area contributed by atoms with E-state index in [4.69, 9.17) is 4.74 Å². The molecule has 31 heavy (non-hydrogen) atoms. The van der Waals surface area contributed by atoms with Crippen LogP contribution in [-0.2, 0) is 19.1 Å². The first kappa shape index (κ1) is 22.8. The van der Waals surface area contributed by atoms with Crippen molar-refractivity contribution in [3.05, 3.63) is 29.8 Å². The lowest BCUT2D eigenvalue weighted by atomic mass is 9.77. The second-order valence-corrected chi connectivity index (χ2v) is 8.59. The van der Waals surface area contributed by atoms with E-state index >= 15 is 0 Å². The molecule has 2 aliphatic rings. The van der Waals surface area contributed by atoms with E-state index in [0.29, 0.717) is 29.6 Å². The molecule has 8 nitrogen and oxygen atoms in total. The van der Waals surface area contributed by atoms with Crippen molar-refractivity contribution in [1.29, 1.82) is 0 Å². The average Bonchev–Trinajstić information content (AvgIpc) is 3.15. The van der Waals surface area contributed by atoms with Crippen LogP contribution in [0.1, 0.15) is 49.9 Å². The molecule has 1 aromatic carbocycles. The Morgan fingerprint density at radius 1 is 1.13 bits per heavy atom. The fourth-order valence-electron chi connectivity index (χ4n) is 4.50. The Bertz CT molecular complexity index is 838. The van der Waals surface area contributed by atoms with Crippen molar-refractivity contribution in [2.24, 2.45) is 17.8 Å². The molecule has 1 aliphatic heterocycles. The third kappa shape index (κ3) is 5.42. The molecule has 1 saturated carbocycles. The first-order valence-electron chi connectivity index (χ1n) is 10.9. The molecule has 0 bridgehead atoms. The third-order valence-corrected chi connectivity index (χ3v) is 6.56. The van der Waals surface area contributed by atoms with Crippen LogP contribution in [-0.4, -0.2) is 54.8 Å². The summed E-state index contributed by atoms with van der Waals surface area (Å²) >= 11 is 0. The van der Waals surface area contributed by atoms with Crippen LogP contribution in [0.2, 0.25) is 0 Å². The van der Waals surface area contributed by atoms with Crippen molar-refractivity contribution in [2.75, 3.05) is 25.5 Å². The Hall–Kier alpha value is -2.90. The second kappa shape index (κ2) is 9.94. The van der Waals surface area contributed by atoms with Crippen molar-refractivity contribution < 1.29 is 23.9 Å². The number of anilines is 1. The molecule has 0 spiro atoms. The zero-order valence-corrected chi connectivity index (χ0v) is 18.3. The average molecular weight is 430 g/mol. The summed E-state index contributed by atoms with van der Waals surface area (Å²) in [6.07, 6.45) is 3.38. The molecule has 3 rings (SSSR count). The van der Waals surface area contributed by atoms with Gasteiger partial charge in [0.05, 0.1) is 5.92 Å². The van der Waals surface area contributed by atoms with Crippen LogP contribution in [0.15, 0.2) is 24.3 Å². The monoisotopic (exact) mass is 429 g/mol. The Morgan fingerprint density at radius 2 is 1.84 bits per heavy atom. The van der Waals surface area contributed by atoms with Gasteiger partial charge in [-0.1, -0.05) is 26.7 Å². The van der Waals surface area contributed by atoms with E-state index < -0.39 is 24.4 Å². The number of carbonyl (C=O) groups excluding carboxylic acids is 4. The van der Waals surface area contributed by atoms with Gasteiger partial charge in [0.2, 0.25) is 5.91 Å². The van der Waals surface area contributed by atoms with Crippen molar-refractivity contribution >= 4 is 29.4 Å². The van der Waals surface area contributed by atoms with Gasteiger partial charge in [0.1, 0.15) is 0 Å². The van der Waals surface area contributed by atoms with E-state index in [9.17, 15) is 19.2 Å². The second-order valence-electron chi connectivity index (χ2n) is 8.59. The Morgan fingerprint density at radius 3 is 2.52 bits per heavy atom. The van der Waals surface area contributed by atoms with Gasteiger partial charge in [-0.25, -0.2) is 0 Å². The fraction of sp³-hybridized carbons (Fsp3) is 0.565. The maximum atomic E-state index is 12.5. The summed E-state index contributed by atoms with van der Waals surface area (Å²) in [7, 11) is 1.54. The quantitative estimate of drug-likeness (QED) is 0.675. The summed E-state index contributed by atoms with van der Waals surface area (Å²) < 4.78 is 5.18. The predicted molar refractivity (Wildman–Crippen MR) is 115 cm³/mol. The minimum atomic E-state index is -0.531. The fourth-order valence-corrected chi connectivity index (χ4v) is 4.50. The lowest BCUT2D eigenvalue weighted by Gasteiger charge is -2.39. The molecular weight excluding hydrogens is 398 g/mol. The Kier molecular flexibility index (Phi) is 7.30. The van der Waals surface area contributed by atoms with Gasteiger partial charge in [0.25, 0.3) is 11.8 Å². The molecule has 0 aromatic heterocycles. The lowest BCUT2D eigenvalue weighted by Crippen LogP contribution is -2.45. The van der Waals surface area contributed by atoms with Crippen LogP contribution >= 0.6 is 0 Å². The first-order valence-corrected chi connectivity index (χ1v) is 10.9. The molecule has 3 amide bonds. The molecule has 8 heteroatoms. The molecule has 168 valence electrons. The minimum absolute atomic E-state index is 0.00597. The molecule has 2 N–H and O–H groups in total. The summed E-state index contributed by atoms with van der Waals surface area (Å²) in [5.74, 6) is -0.775. The third-order valence-electron chi connectivity index (χ3n) is 6.56. The summed E-state index contributed by atoms with van der Waals surface area (Å²) in [4.78, 5) is 50.5. The van der Waals surface area contributed by atoms with E-state index in [0.717, 1.165) is 12.8 Å². The molecule has 1 saturated heterocycles. The zero-order chi connectivity index (χ0) is 22.5. The SMILES string of the molecule is CNC(=O)c1ccc(NC(=O)COC(=O)[C@@H]2CC(=O)N([C@H]3CCC[C@H](C)[C@H]3C)C2)cc1. The number of rotatable bonds is 6. The van der Waals surface area contributed by atoms with Crippen molar-refractivity contribution in [3.63, 3.8) is 0 Å². The van der Waals surface area contributed by atoms with E-state index in [2.05, 4.69) is 24.5 Å². The van der Waals surface area contributed by atoms with Crippen LogP contribution in [0, 0.1) is 17.8 Å². The van der Waals surface area contributed by atoms with Crippen molar-refractivity contribution in [3.8, 4) is 0 Å². The van der Waals surface area contributed by atoms with Gasteiger partial charge in [-0.15, -0.1) is 0 Å². The zero-order valence-electron chi connectivity index (χ0n) is 18.3. The number of esters is 1. The van der Waals surface area contributed by atoms with Crippen LogP contribution in [0.25, 0.3) is 0 Å². The molecule has 0 unspecified atom stereocenters. The molecule has 4 atom stereocenters. The van der Waals surface area contributed by atoms with Gasteiger partial charge in [0, 0.05) is 37.3 Å². The molecule has 2 fully saturated rings. The molecule has 1 heterocycles. The Labute approximate surface area is 182 Å². The highest BCUT2D eigenvalue weighted by Crippen LogP contribution is 2.35. The summed E-state index contributed by atoms with van der Waals surface area (Å²) in [6.45, 7) is 4.34. The van der Waals surface area contributed by atoms with Crippen LogP contribution < -0.4 is 10.6 Å². The first-order chi connectivity index (χ1) is 14.8. The largest absolute Gasteiger partial charge is 0.455 e. The number of ether oxygens (including phenoxy) is 1. The highest BCUT2D eigenvalue weighted by Gasteiger charge is 2.42. The normalized spacial score (nSPS) is 25.8. The van der Waals surface area contributed by atoms with Gasteiger partial charge in [-0.05, 0) is 42.5 Å². The van der Waals surface area contributed by atoms with Crippen LogP contribution in [0.3, 0.4) is 0 Å². The maximum absolute atomic E-state index is 12.5.